The van der Waals surface area contributed by atoms with Crippen LogP contribution in [0.5, 0.6) is 11.6 Å². The Balaban J connectivity index is 1.91. The minimum absolute atomic E-state index is 0.0440. The fraction of sp³-hybridized carbons (Fsp3) is 0.280. The molecule has 10 heteroatoms. The molecular weight excluding hydrogens is 481 g/mol. The monoisotopic (exact) mass is 504 g/mol. The van der Waals surface area contributed by atoms with Crippen molar-refractivity contribution >= 4 is 31.7 Å². The van der Waals surface area contributed by atoms with Crippen molar-refractivity contribution in [2.45, 2.75) is 32.7 Å². The number of ether oxygens (including phenoxy) is 1. The largest absolute Gasteiger partial charge is 0.534 e. The minimum atomic E-state index is -5.91. The van der Waals surface area contributed by atoms with Gasteiger partial charge in [0.2, 0.25) is 5.88 Å². The summed E-state index contributed by atoms with van der Waals surface area (Å²) in [4.78, 5) is 0. The molecule has 1 heterocycles. The van der Waals surface area contributed by atoms with E-state index in [9.17, 15) is 21.6 Å². The second-order valence-corrected chi connectivity index (χ2v) is 10.7. The van der Waals surface area contributed by atoms with Crippen LogP contribution in [0.4, 0.5) is 13.2 Å². The molecule has 6 nitrogen and oxygen atoms in total. The molecule has 1 aromatic heterocycles. The van der Waals surface area contributed by atoms with Gasteiger partial charge >= 0.3 is 15.6 Å². The summed E-state index contributed by atoms with van der Waals surface area (Å²) in [5.41, 5.74) is -5.29. The molecular formula is C25H23F3N2O4S. The van der Waals surface area contributed by atoms with Gasteiger partial charge in [-0.3, -0.25) is 0 Å². The van der Waals surface area contributed by atoms with Crippen LogP contribution in [0.25, 0.3) is 32.8 Å². The summed E-state index contributed by atoms with van der Waals surface area (Å²) >= 11 is 0. The van der Waals surface area contributed by atoms with E-state index in [1.165, 1.54) is 12.1 Å². The normalized spacial score (nSPS) is 12.7. The van der Waals surface area contributed by atoms with Gasteiger partial charge in [0.25, 0.3) is 0 Å². The first kappa shape index (κ1) is 24.7. The van der Waals surface area contributed by atoms with E-state index in [2.05, 4.69) is 35.2 Å². The zero-order valence-corrected chi connectivity index (χ0v) is 20.1. The standard InChI is InChI=1S/C25H23F3N2O4S/c1-24(2,3)14-15-33-23-19-11-7-6-10-18(19)22(29-30-23)21-17-9-5-4-8-16(17)12-13-20(21)34-35(31,32)25(26,27)28/h4-13H,14-15H2,1-3H3. The van der Waals surface area contributed by atoms with E-state index >= 15 is 0 Å². The molecule has 0 saturated heterocycles. The molecule has 0 bridgehead atoms. The van der Waals surface area contributed by atoms with E-state index in [0.717, 1.165) is 6.42 Å². The Hall–Kier alpha value is -3.40. The second kappa shape index (κ2) is 8.99. The third kappa shape index (κ3) is 5.17. The van der Waals surface area contributed by atoms with Crippen molar-refractivity contribution in [3.8, 4) is 22.9 Å². The third-order valence-corrected chi connectivity index (χ3v) is 6.32. The molecule has 0 fully saturated rings. The van der Waals surface area contributed by atoms with Gasteiger partial charge < -0.3 is 8.92 Å². The van der Waals surface area contributed by atoms with Crippen molar-refractivity contribution in [1.82, 2.24) is 10.2 Å². The number of rotatable bonds is 6. The number of fused-ring (bicyclic) bond motifs is 2. The van der Waals surface area contributed by atoms with E-state index in [1.807, 2.05) is 0 Å². The summed E-state index contributed by atoms with van der Waals surface area (Å²) < 4.78 is 73.5. The van der Waals surface area contributed by atoms with Crippen LogP contribution in [0.3, 0.4) is 0 Å². The maximum Gasteiger partial charge on any atom is 0.534 e. The van der Waals surface area contributed by atoms with Crippen LogP contribution in [0, 0.1) is 5.41 Å². The first-order valence-corrected chi connectivity index (χ1v) is 12.2. The third-order valence-electron chi connectivity index (χ3n) is 5.35. The first-order chi connectivity index (χ1) is 16.4. The van der Waals surface area contributed by atoms with Crippen LogP contribution >= 0.6 is 0 Å². The van der Waals surface area contributed by atoms with Gasteiger partial charge in [-0.25, -0.2) is 0 Å². The lowest BCUT2D eigenvalue weighted by molar-refractivity contribution is -0.0499. The van der Waals surface area contributed by atoms with Crippen LogP contribution in [0.1, 0.15) is 27.2 Å². The molecule has 0 aliphatic carbocycles. The molecule has 3 aromatic carbocycles. The van der Waals surface area contributed by atoms with Gasteiger partial charge in [0, 0.05) is 10.8 Å². The Labute approximate surface area is 200 Å². The topological polar surface area (TPSA) is 78.4 Å². The summed E-state index contributed by atoms with van der Waals surface area (Å²) in [6.07, 6.45) is 0.765. The van der Waals surface area contributed by atoms with E-state index in [0.29, 0.717) is 28.2 Å². The molecule has 0 unspecified atom stereocenters. The fourth-order valence-corrected chi connectivity index (χ4v) is 4.02. The summed E-state index contributed by atoms with van der Waals surface area (Å²) in [6.45, 7) is 6.65. The highest BCUT2D eigenvalue weighted by Crippen LogP contribution is 2.42. The Bertz CT molecular complexity index is 1500. The predicted molar refractivity (Wildman–Crippen MR) is 128 cm³/mol. The zero-order valence-electron chi connectivity index (χ0n) is 19.3. The molecule has 0 aliphatic rings. The summed E-state index contributed by atoms with van der Waals surface area (Å²) in [7, 11) is -5.91. The van der Waals surface area contributed by atoms with Gasteiger partial charge in [0.1, 0.15) is 5.69 Å². The van der Waals surface area contributed by atoms with E-state index in [4.69, 9.17) is 4.74 Å². The fourth-order valence-electron chi connectivity index (χ4n) is 3.56. The summed E-state index contributed by atoms with van der Waals surface area (Å²) in [5.74, 6) is -0.221. The average Bonchev–Trinajstić information content (AvgIpc) is 2.78. The number of benzene rings is 3. The van der Waals surface area contributed by atoms with Crippen LogP contribution in [-0.2, 0) is 10.1 Å². The highest BCUT2D eigenvalue weighted by atomic mass is 32.2. The van der Waals surface area contributed by atoms with Crippen molar-refractivity contribution < 1.29 is 30.5 Å². The maximum absolute atomic E-state index is 13.1. The number of halogens is 3. The van der Waals surface area contributed by atoms with Crippen molar-refractivity contribution in [2.24, 2.45) is 5.41 Å². The van der Waals surface area contributed by atoms with Gasteiger partial charge in [-0.05, 0) is 34.7 Å². The minimum Gasteiger partial charge on any atom is -0.476 e. The first-order valence-electron chi connectivity index (χ1n) is 10.8. The lowest BCUT2D eigenvalue weighted by Gasteiger charge is -2.19. The Kier molecular flexibility index (Phi) is 6.35. The van der Waals surface area contributed by atoms with Crippen molar-refractivity contribution in [3.63, 3.8) is 0 Å². The Morgan fingerprint density at radius 2 is 1.46 bits per heavy atom. The van der Waals surface area contributed by atoms with Crippen molar-refractivity contribution in [1.29, 1.82) is 0 Å². The molecule has 0 saturated carbocycles. The molecule has 0 atom stereocenters. The summed E-state index contributed by atoms with van der Waals surface area (Å²) in [6, 6.07) is 16.5. The van der Waals surface area contributed by atoms with Gasteiger partial charge in [0.05, 0.1) is 12.2 Å². The lowest BCUT2D eigenvalue weighted by atomic mass is 9.93. The lowest BCUT2D eigenvalue weighted by Crippen LogP contribution is -2.28. The quantitative estimate of drug-likeness (QED) is 0.221. The molecule has 0 N–H and O–H groups in total. The molecule has 0 amide bonds. The predicted octanol–water partition coefficient (Wildman–Crippen LogP) is 6.49. The van der Waals surface area contributed by atoms with Crippen LogP contribution < -0.4 is 8.92 Å². The number of aromatic nitrogens is 2. The highest BCUT2D eigenvalue weighted by Gasteiger charge is 2.49. The molecule has 35 heavy (non-hydrogen) atoms. The Morgan fingerprint density at radius 3 is 2.11 bits per heavy atom. The van der Waals surface area contributed by atoms with E-state index in [1.54, 1.807) is 48.5 Å². The number of hydrogen-bond acceptors (Lipinski definition) is 6. The molecule has 184 valence electrons. The average molecular weight is 505 g/mol. The van der Waals surface area contributed by atoms with Crippen molar-refractivity contribution in [3.05, 3.63) is 60.7 Å². The van der Waals surface area contributed by atoms with Crippen LogP contribution in [0.15, 0.2) is 60.7 Å². The van der Waals surface area contributed by atoms with E-state index in [-0.39, 0.29) is 22.6 Å². The smallest absolute Gasteiger partial charge is 0.476 e. The molecule has 4 rings (SSSR count). The van der Waals surface area contributed by atoms with Gasteiger partial charge in [0.15, 0.2) is 5.75 Å². The van der Waals surface area contributed by atoms with Gasteiger partial charge in [-0.15, -0.1) is 10.2 Å². The van der Waals surface area contributed by atoms with Gasteiger partial charge in [-0.2, -0.15) is 21.6 Å². The number of alkyl halides is 3. The number of hydrogen-bond donors (Lipinski definition) is 0. The Morgan fingerprint density at radius 1 is 0.829 bits per heavy atom. The highest BCUT2D eigenvalue weighted by molar-refractivity contribution is 7.88. The van der Waals surface area contributed by atoms with Crippen LogP contribution in [-0.4, -0.2) is 30.7 Å². The van der Waals surface area contributed by atoms with Gasteiger partial charge in [-0.1, -0.05) is 69.3 Å². The summed E-state index contributed by atoms with van der Waals surface area (Å²) in [5, 5.41) is 10.7. The van der Waals surface area contributed by atoms with Crippen molar-refractivity contribution in [2.75, 3.05) is 6.61 Å². The molecule has 4 aromatic rings. The number of nitrogens with zero attached hydrogens (tertiary/aromatic N) is 2. The molecule has 0 radical (unpaired) electrons. The zero-order chi connectivity index (χ0) is 25.4. The molecule has 0 spiro atoms. The SMILES string of the molecule is CC(C)(C)CCOc1nnc(-c2c(OS(=O)(=O)C(F)(F)F)ccc3ccccc23)c2ccccc12. The van der Waals surface area contributed by atoms with Crippen LogP contribution in [0.2, 0.25) is 0 Å². The molecule has 0 aliphatic heterocycles. The second-order valence-electron chi connectivity index (χ2n) is 9.20. The maximum atomic E-state index is 13.1. The van der Waals surface area contributed by atoms with E-state index < -0.39 is 21.4 Å².